The summed E-state index contributed by atoms with van der Waals surface area (Å²) in [6, 6.07) is 11.9. The van der Waals surface area contributed by atoms with Gasteiger partial charge in [0.15, 0.2) is 0 Å². The summed E-state index contributed by atoms with van der Waals surface area (Å²) in [6.45, 7) is 1.98. The Balaban J connectivity index is 1.72. The molecule has 3 aromatic rings. The van der Waals surface area contributed by atoms with E-state index in [0.717, 1.165) is 28.3 Å². The zero-order valence-electron chi connectivity index (χ0n) is 14.2. The first-order chi connectivity index (χ1) is 11.6. The minimum atomic E-state index is -0.0260. The quantitative estimate of drug-likeness (QED) is 0.785. The summed E-state index contributed by atoms with van der Waals surface area (Å²) in [4.78, 5) is 12.3. The fourth-order valence-corrected chi connectivity index (χ4v) is 2.76. The number of aromatic nitrogens is 4. The maximum Gasteiger partial charge on any atom is 0.225 e. The third-order valence-electron chi connectivity index (χ3n) is 4.12. The van der Waals surface area contributed by atoms with Crippen LogP contribution in [0, 0.1) is 6.92 Å². The van der Waals surface area contributed by atoms with E-state index >= 15 is 0 Å². The lowest BCUT2D eigenvalue weighted by atomic mass is 10.1. The van der Waals surface area contributed by atoms with E-state index in [2.05, 4.69) is 15.5 Å². The topological polar surface area (TPSA) is 64.7 Å². The standard InChI is InChI=1S/C18H21N5O/c1-13-17(14-7-5-4-6-8-14)21-23(3)18(13)20-16(24)10-9-15-11-12-19-22(15)2/h4-8,11-12H,9-10H2,1-3H3,(H,20,24). The molecule has 0 aliphatic rings. The molecule has 0 saturated carbocycles. The second kappa shape index (κ2) is 6.70. The number of nitrogens with zero attached hydrogens (tertiary/aromatic N) is 4. The van der Waals surface area contributed by atoms with Crippen LogP contribution >= 0.6 is 0 Å². The molecule has 6 heteroatoms. The van der Waals surface area contributed by atoms with Gasteiger partial charge in [-0.2, -0.15) is 10.2 Å². The average Bonchev–Trinajstić information content (AvgIpc) is 3.11. The van der Waals surface area contributed by atoms with Crippen LogP contribution in [0.15, 0.2) is 42.6 Å². The number of nitrogens with one attached hydrogen (secondary N) is 1. The Morgan fingerprint density at radius 2 is 1.88 bits per heavy atom. The van der Waals surface area contributed by atoms with Gasteiger partial charge in [-0.3, -0.25) is 14.2 Å². The van der Waals surface area contributed by atoms with Crippen LogP contribution in [0.2, 0.25) is 0 Å². The van der Waals surface area contributed by atoms with Gasteiger partial charge in [0, 0.05) is 43.5 Å². The molecule has 0 saturated heterocycles. The Morgan fingerprint density at radius 1 is 1.12 bits per heavy atom. The van der Waals surface area contributed by atoms with Crippen LogP contribution in [0.4, 0.5) is 5.82 Å². The number of hydrogen-bond donors (Lipinski definition) is 1. The number of aryl methyl sites for hydroxylation is 3. The van der Waals surface area contributed by atoms with Crippen LogP contribution in [0.1, 0.15) is 17.7 Å². The molecule has 0 unspecified atom stereocenters. The third-order valence-corrected chi connectivity index (χ3v) is 4.12. The smallest absolute Gasteiger partial charge is 0.225 e. The lowest BCUT2D eigenvalue weighted by molar-refractivity contribution is -0.116. The Hall–Kier alpha value is -2.89. The summed E-state index contributed by atoms with van der Waals surface area (Å²) in [5.74, 6) is 0.714. The van der Waals surface area contributed by atoms with Crippen molar-refractivity contribution in [3.63, 3.8) is 0 Å². The van der Waals surface area contributed by atoms with Crippen molar-refractivity contribution >= 4 is 11.7 Å². The average molecular weight is 323 g/mol. The third kappa shape index (κ3) is 3.22. The van der Waals surface area contributed by atoms with Gasteiger partial charge in [0.2, 0.25) is 5.91 Å². The van der Waals surface area contributed by atoms with Crippen molar-refractivity contribution in [2.24, 2.45) is 14.1 Å². The van der Waals surface area contributed by atoms with E-state index in [-0.39, 0.29) is 5.91 Å². The SMILES string of the molecule is Cc1c(-c2ccccc2)nn(C)c1NC(=O)CCc1ccnn1C. The van der Waals surface area contributed by atoms with Crippen LogP contribution in [0.5, 0.6) is 0 Å². The minimum absolute atomic E-state index is 0.0260. The molecule has 124 valence electrons. The molecule has 6 nitrogen and oxygen atoms in total. The molecular formula is C18H21N5O. The number of carbonyl (C=O) groups is 1. The predicted octanol–water partition coefficient (Wildman–Crippen LogP) is 2.70. The van der Waals surface area contributed by atoms with Crippen molar-refractivity contribution in [3.05, 3.63) is 53.9 Å². The highest BCUT2D eigenvalue weighted by Crippen LogP contribution is 2.27. The molecule has 0 fully saturated rings. The lowest BCUT2D eigenvalue weighted by Gasteiger charge is -2.07. The van der Waals surface area contributed by atoms with E-state index in [1.807, 2.05) is 57.4 Å². The van der Waals surface area contributed by atoms with E-state index in [9.17, 15) is 4.79 Å². The van der Waals surface area contributed by atoms with Gasteiger partial charge < -0.3 is 5.32 Å². The maximum atomic E-state index is 12.3. The normalized spacial score (nSPS) is 10.8. The Bertz CT molecular complexity index is 848. The molecule has 24 heavy (non-hydrogen) atoms. The van der Waals surface area contributed by atoms with Gasteiger partial charge in [-0.15, -0.1) is 0 Å². The largest absolute Gasteiger partial charge is 0.311 e. The van der Waals surface area contributed by atoms with Crippen LogP contribution in [-0.4, -0.2) is 25.5 Å². The van der Waals surface area contributed by atoms with Crippen molar-refractivity contribution in [1.29, 1.82) is 0 Å². The van der Waals surface area contributed by atoms with Gasteiger partial charge in [0.25, 0.3) is 0 Å². The van der Waals surface area contributed by atoms with E-state index < -0.39 is 0 Å². The molecule has 1 N–H and O–H groups in total. The number of anilines is 1. The fraction of sp³-hybridized carbons (Fsp3) is 0.278. The molecule has 2 heterocycles. The number of benzene rings is 1. The van der Waals surface area contributed by atoms with Crippen molar-refractivity contribution in [2.75, 3.05) is 5.32 Å². The van der Waals surface area contributed by atoms with Crippen LogP contribution in [0.3, 0.4) is 0 Å². The second-order valence-electron chi connectivity index (χ2n) is 5.81. The van der Waals surface area contributed by atoms with Crippen LogP contribution in [0.25, 0.3) is 11.3 Å². The monoisotopic (exact) mass is 323 g/mol. The minimum Gasteiger partial charge on any atom is -0.311 e. The Labute approximate surface area is 141 Å². The van der Waals surface area contributed by atoms with Crippen molar-refractivity contribution in [2.45, 2.75) is 19.8 Å². The highest BCUT2D eigenvalue weighted by atomic mass is 16.1. The van der Waals surface area contributed by atoms with E-state index in [1.165, 1.54) is 0 Å². The van der Waals surface area contributed by atoms with Gasteiger partial charge in [0.05, 0.1) is 5.69 Å². The summed E-state index contributed by atoms with van der Waals surface area (Å²) in [6.07, 6.45) is 2.81. The molecule has 0 atom stereocenters. The first-order valence-electron chi connectivity index (χ1n) is 7.92. The van der Waals surface area contributed by atoms with Gasteiger partial charge in [0.1, 0.15) is 5.82 Å². The molecule has 2 aromatic heterocycles. The van der Waals surface area contributed by atoms with Crippen LogP contribution < -0.4 is 5.32 Å². The van der Waals surface area contributed by atoms with Crippen molar-refractivity contribution in [1.82, 2.24) is 19.6 Å². The van der Waals surface area contributed by atoms with Crippen molar-refractivity contribution in [3.8, 4) is 11.3 Å². The number of rotatable bonds is 5. The first-order valence-corrected chi connectivity index (χ1v) is 7.92. The molecule has 3 rings (SSSR count). The Kier molecular flexibility index (Phi) is 4.46. The summed E-state index contributed by atoms with van der Waals surface area (Å²) < 4.78 is 3.51. The van der Waals surface area contributed by atoms with Gasteiger partial charge in [-0.05, 0) is 19.4 Å². The molecule has 0 radical (unpaired) electrons. The molecule has 0 aliphatic heterocycles. The van der Waals surface area contributed by atoms with Gasteiger partial charge in [-0.1, -0.05) is 30.3 Å². The molecule has 1 amide bonds. The zero-order valence-corrected chi connectivity index (χ0v) is 14.2. The van der Waals surface area contributed by atoms with Crippen molar-refractivity contribution < 1.29 is 4.79 Å². The molecule has 1 aromatic carbocycles. The highest BCUT2D eigenvalue weighted by Gasteiger charge is 2.16. The van der Waals surface area contributed by atoms with Gasteiger partial charge in [-0.25, -0.2) is 0 Å². The molecule has 0 spiro atoms. The van der Waals surface area contributed by atoms with E-state index in [1.54, 1.807) is 15.6 Å². The number of hydrogen-bond acceptors (Lipinski definition) is 3. The summed E-state index contributed by atoms with van der Waals surface area (Å²) >= 11 is 0. The van der Waals surface area contributed by atoms with Gasteiger partial charge >= 0.3 is 0 Å². The highest BCUT2D eigenvalue weighted by molar-refractivity contribution is 5.91. The fourth-order valence-electron chi connectivity index (χ4n) is 2.76. The second-order valence-corrected chi connectivity index (χ2v) is 5.81. The van der Waals surface area contributed by atoms with E-state index in [0.29, 0.717) is 12.8 Å². The number of amides is 1. The predicted molar refractivity (Wildman–Crippen MR) is 93.5 cm³/mol. The van der Waals surface area contributed by atoms with Crippen LogP contribution in [-0.2, 0) is 25.3 Å². The maximum absolute atomic E-state index is 12.3. The molecule has 0 aliphatic carbocycles. The summed E-state index contributed by atoms with van der Waals surface area (Å²) in [5, 5.41) is 11.6. The molecular weight excluding hydrogens is 302 g/mol. The summed E-state index contributed by atoms with van der Waals surface area (Å²) in [5.41, 5.74) is 3.94. The summed E-state index contributed by atoms with van der Waals surface area (Å²) in [7, 11) is 3.72. The van der Waals surface area contributed by atoms with E-state index in [4.69, 9.17) is 0 Å². The molecule has 0 bridgehead atoms. The number of carbonyl (C=O) groups excluding carboxylic acids is 1. The first kappa shape index (κ1) is 16.0. The zero-order chi connectivity index (χ0) is 17.1. The lowest BCUT2D eigenvalue weighted by Crippen LogP contribution is -2.16. The Morgan fingerprint density at radius 3 is 2.54 bits per heavy atom.